The molecule has 1 aromatic carbocycles. The van der Waals surface area contributed by atoms with Crippen LogP contribution >= 0.6 is 0 Å². The first-order chi connectivity index (χ1) is 6.25. The molecule has 1 saturated carbocycles. The third-order valence-corrected chi connectivity index (χ3v) is 2.56. The molecule has 70 valence electrons. The zero-order valence-electron chi connectivity index (χ0n) is 8.16. The summed E-state index contributed by atoms with van der Waals surface area (Å²) in [5.74, 6) is 0.855. The molecule has 1 unspecified atom stereocenters. The van der Waals surface area contributed by atoms with Crippen molar-refractivity contribution in [2.75, 3.05) is 0 Å². The van der Waals surface area contributed by atoms with Gasteiger partial charge in [0.05, 0.1) is 0 Å². The van der Waals surface area contributed by atoms with E-state index in [9.17, 15) is 0 Å². The largest absolute Gasteiger partial charge is 0.328 e. The molecule has 1 nitrogen and oxygen atoms in total. The second-order valence-electron chi connectivity index (χ2n) is 4.20. The maximum atomic E-state index is 5.77. The number of benzene rings is 1. The van der Waals surface area contributed by atoms with Gasteiger partial charge in [-0.1, -0.05) is 24.3 Å². The Morgan fingerprint density at radius 2 is 2.23 bits per heavy atom. The molecule has 2 rings (SSSR count). The monoisotopic (exact) mass is 175 g/mol. The van der Waals surface area contributed by atoms with Gasteiger partial charge in [-0.3, -0.25) is 0 Å². The summed E-state index contributed by atoms with van der Waals surface area (Å²) in [6.45, 7) is 2.06. The summed E-state index contributed by atoms with van der Waals surface area (Å²) in [7, 11) is 0. The lowest BCUT2D eigenvalue weighted by atomic mass is 10.0. The molecule has 1 aliphatic rings. The SMILES string of the molecule is CC(N)Cc1cccc(C2CC2)c1. The molecule has 1 fully saturated rings. The van der Waals surface area contributed by atoms with E-state index >= 15 is 0 Å². The summed E-state index contributed by atoms with van der Waals surface area (Å²) in [6, 6.07) is 9.17. The van der Waals surface area contributed by atoms with Crippen LogP contribution in [0.1, 0.15) is 36.8 Å². The minimum atomic E-state index is 0.273. The van der Waals surface area contributed by atoms with Crippen LogP contribution in [0.2, 0.25) is 0 Å². The van der Waals surface area contributed by atoms with Gasteiger partial charge in [-0.05, 0) is 43.2 Å². The Kier molecular flexibility index (Phi) is 2.36. The fraction of sp³-hybridized carbons (Fsp3) is 0.500. The van der Waals surface area contributed by atoms with Crippen molar-refractivity contribution in [3.05, 3.63) is 35.4 Å². The lowest BCUT2D eigenvalue weighted by Crippen LogP contribution is -2.17. The first kappa shape index (κ1) is 8.76. The van der Waals surface area contributed by atoms with Crippen molar-refractivity contribution in [2.45, 2.75) is 38.1 Å². The van der Waals surface area contributed by atoms with Crippen molar-refractivity contribution in [3.8, 4) is 0 Å². The Morgan fingerprint density at radius 1 is 1.46 bits per heavy atom. The van der Waals surface area contributed by atoms with E-state index in [0.29, 0.717) is 0 Å². The molecule has 0 amide bonds. The smallest absolute Gasteiger partial charge is 0.00509 e. The van der Waals surface area contributed by atoms with Gasteiger partial charge < -0.3 is 5.73 Å². The van der Waals surface area contributed by atoms with Crippen molar-refractivity contribution in [2.24, 2.45) is 5.73 Å². The molecule has 0 aromatic heterocycles. The van der Waals surface area contributed by atoms with Gasteiger partial charge in [-0.25, -0.2) is 0 Å². The van der Waals surface area contributed by atoms with Crippen LogP contribution in [0.4, 0.5) is 0 Å². The minimum absolute atomic E-state index is 0.273. The molecule has 0 aliphatic heterocycles. The Balaban J connectivity index is 2.12. The van der Waals surface area contributed by atoms with Crippen molar-refractivity contribution < 1.29 is 0 Å². The zero-order chi connectivity index (χ0) is 9.26. The van der Waals surface area contributed by atoms with Gasteiger partial charge in [0.1, 0.15) is 0 Å². The highest BCUT2D eigenvalue weighted by molar-refractivity contribution is 5.29. The molecule has 1 heteroatoms. The maximum Gasteiger partial charge on any atom is 0.00509 e. The van der Waals surface area contributed by atoms with E-state index in [0.717, 1.165) is 12.3 Å². The van der Waals surface area contributed by atoms with Gasteiger partial charge in [0.15, 0.2) is 0 Å². The molecule has 1 aliphatic carbocycles. The molecule has 0 radical (unpaired) electrons. The summed E-state index contributed by atoms with van der Waals surface area (Å²) < 4.78 is 0. The highest BCUT2D eigenvalue weighted by atomic mass is 14.6. The van der Waals surface area contributed by atoms with Crippen molar-refractivity contribution >= 4 is 0 Å². The zero-order valence-corrected chi connectivity index (χ0v) is 8.16. The fourth-order valence-corrected chi connectivity index (χ4v) is 1.76. The van der Waals surface area contributed by atoms with Crippen LogP contribution < -0.4 is 5.73 Å². The molecule has 0 spiro atoms. The summed E-state index contributed by atoms with van der Waals surface area (Å²) in [6.07, 6.45) is 3.75. The summed E-state index contributed by atoms with van der Waals surface area (Å²) >= 11 is 0. The fourth-order valence-electron chi connectivity index (χ4n) is 1.76. The Hall–Kier alpha value is -0.820. The topological polar surface area (TPSA) is 26.0 Å². The average Bonchev–Trinajstić information content (AvgIpc) is 2.85. The van der Waals surface area contributed by atoms with Crippen LogP contribution in [-0.2, 0) is 6.42 Å². The van der Waals surface area contributed by atoms with Crippen LogP contribution in [0, 0.1) is 0 Å². The maximum absolute atomic E-state index is 5.77. The van der Waals surface area contributed by atoms with Gasteiger partial charge in [-0.15, -0.1) is 0 Å². The Bertz CT molecular complexity index is 287. The number of hydrogen-bond acceptors (Lipinski definition) is 1. The Morgan fingerprint density at radius 3 is 2.85 bits per heavy atom. The van der Waals surface area contributed by atoms with E-state index in [4.69, 9.17) is 5.73 Å². The molecule has 2 N–H and O–H groups in total. The summed E-state index contributed by atoms with van der Waals surface area (Å²) in [5.41, 5.74) is 8.67. The van der Waals surface area contributed by atoms with E-state index in [-0.39, 0.29) is 6.04 Å². The predicted octanol–water partition coefficient (Wildman–Crippen LogP) is 2.45. The van der Waals surface area contributed by atoms with Gasteiger partial charge in [0.25, 0.3) is 0 Å². The van der Waals surface area contributed by atoms with Crippen molar-refractivity contribution in [1.29, 1.82) is 0 Å². The van der Waals surface area contributed by atoms with Crippen molar-refractivity contribution in [1.82, 2.24) is 0 Å². The van der Waals surface area contributed by atoms with Crippen LogP contribution in [-0.4, -0.2) is 6.04 Å². The molecule has 1 atom stereocenters. The summed E-state index contributed by atoms with van der Waals surface area (Å²) in [5, 5.41) is 0. The molecular formula is C12H17N. The molecule has 0 bridgehead atoms. The molecular weight excluding hydrogens is 158 g/mol. The van der Waals surface area contributed by atoms with E-state index < -0.39 is 0 Å². The standard InChI is InChI=1S/C12H17N/c1-9(13)7-10-3-2-4-12(8-10)11-5-6-11/h2-4,8-9,11H,5-7,13H2,1H3. The first-order valence-corrected chi connectivity index (χ1v) is 5.10. The third kappa shape index (κ3) is 2.31. The van der Waals surface area contributed by atoms with E-state index in [2.05, 4.69) is 31.2 Å². The highest BCUT2D eigenvalue weighted by Gasteiger charge is 2.23. The summed E-state index contributed by atoms with van der Waals surface area (Å²) in [4.78, 5) is 0. The molecule has 13 heavy (non-hydrogen) atoms. The van der Waals surface area contributed by atoms with Gasteiger partial charge >= 0.3 is 0 Å². The van der Waals surface area contributed by atoms with Gasteiger partial charge in [0, 0.05) is 6.04 Å². The minimum Gasteiger partial charge on any atom is -0.328 e. The van der Waals surface area contributed by atoms with Crippen LogP contribution in [0.5, 0.6) is 0 Å². The van der Waals surface area contributed by atoms with E-state index in [1.165, 1.54) is 24.0 Å². The number of rotatable bonds is 3. The van der Waals surface area contributed by atoms with Crippen LogP contribution in [0.25, 0.3) is 0 Å². The van der Waals surface area contributed by atoms with Crippen LogP contribution in [0.3, 0.4) is 0 Å². The second kappa shape index (κ2) is 3.51. The molecule has 1 aromatic rings. The highest BCUT2D eigenvalue weighted by Crippen LogP contribution is 2.40. The Labute approximate surface area is 80.0 Å². The lowest BCUT2D eigenvalue weighted by Gasteiger charge is -2.06. The lowest BCUT2D eigenvalue weighted by molar-refractivity contribution is 0.737. The normalized spacial score (nSPS) is 18.6. The molecule has 0 heterocycles. The number of nitrogens with two attached hydrogens (primary N) is 1. The van der Waals surface area contributed by atoms with Crippen molar-refractivity contribution in [3.63, 3.8) is 0 Å². The number of hydrogen-bond donors (Lipinski definition) is 1. The second-order valence-corrected chi connectivity index (χ2v) is 4.20. The predicted molar refractivity (Wildman–Crippen MR) is 55.8 cm³/mol. The average molecular weight is 175 g/mol. The van der Waals surface area contributed by atoms with E-state index in [1.807, 2.05) is 0 Å². The molecule has 0 saturated heterocycles. The van der Waals surface area contributed by atoms with E-state index in [1.54, 1.807) is 0 Å². The van der Waals surface area contributed by atoms with Gasteiger partial charge in [0.2, 0.25) is 0 Å². The van der Waals surface area contributed by atoms with Crippen LogP contribution in [0.15, 0.2) is 24.3 Å². The quantitative estimate of drug-likeness (QED) is 0.750. The van der Waals surface area contributed by atoms with Gasteiger partial charge in [-0.2, -0.15) is 0 Å². The third-order valence-electron chi connectivity index (χ3n) is 2.56. The first-order valence-electron chi connectivity index (χ1n) is 5.10.